The number of aromatic nitrogens is 2. The van der Waals surface area contributed by atoms with Gasteiger partial charge in [0, 0.05) is 31.6 Å². The standard InChI is InChI=1S/C14H14F3N3/c1-2-12-19-9-7-18-6-5-10(9)20(12)11-4-3-8(15)13(16)14(11)17/h3-4,18H,2,5-7H2,1H3. The predicted octanol–water partition coefficient (Wildman–Crippen LogP) is 2.50. The van der Waals surface area contributed by atoms with Crippen LogP contribution in [0.2, 0.25) is 0 Å². The van der Waals surface area contributed by atoms with Gasteiger partial charge in [-0.3, -0.25) is 4.57 Å². The molecule has 2 aromatic rings. The summed E-state index contributed by atoms with van der Waals surface area (Å²) in [6.45, 7) is 3.27. The molecular formula is C14H14F3N3. The number of benzene rings is 1. The Morgan fingerprint density at radius 1 is 1.25 bits per heavy atom. The fraction of sp³-hybridized carbons (Fsp3) is 0.357. The van der Waals surface area contributed by atoms with Gasteiger partial charge in [0.05, 0.1) is 11.4 Å². The van der Waals surface area contributed by atoms with Crippen molar-refractivity contribution in [2.45, 2.75) is 26.3 Å². The summed E-state index contributed by atoms with van der Waals surface area (Å²) in [4.78, 5) is 4.46. The number of halogens is 3. The number of fused-ring (bicyclic) bond motifs is 1. The fourth-order valence-electron chi connectivity index (χ4n) is 2.58. The zero-order valence-electron chi connectivity index (χ0n) is 11.0. The maximum Gasteiger partial charge on any atom is 0.196 e. The van der Waals surface area contributed by atoms with Crippen LogP contribution in [0, 0.1) is 17.5 Å². The van der Waals surface area contributed by atoms with E-state index in [1.165, 1.54) is 6.07 Å². The molecule has 0 aliphatic carbocycles. The van der Waals surface area contributed by atoms with Crippen molar-refractivity contribution in [2.24, 2.45) is 0 Å². The molecule has 0 unspecified atom stereocenters. The largest absolute Gasteiger partial charge is 0.311 e. The van der Waals surface area contributed by atoms with Crippen molar-refractivity contribution in [1.29, 1.82) is 0 Å². The summed E-state index contributed by atoms with van der Waals surface area (Å²) in [5.74, 6) is -3.14. The third kappa shape index (κ3) is 1.91. The number of aryl methyl sites for hydroxylation is 1. The van der Waals surface area contributed by atoms with E-state index in [4.69, 9.17) is 0 Å². The lowest BCUT2D eigenvalue weighted by atomic mass is 10.1. The van der Waals surface area contributed by atoms with Gasteiger partial charge in [-0.05, 0) is 12.1 Å². The zero-order valence-corrected chi connectivity index (χ0v) is 11.0. The summed E-state index contributed by atoms with van der Waals surface area (Å²) in [5.41, 5.74) is 1.74. The van der Waals surface area contributed by atoms with E-state index >= 15 is 0 Å². The first-order valence-corrected chi connectivity index (χ1v) is 6.57. The van der Waals surface area contributed by atoms with Crippen LogP contribution in [-0.2, 0) is 19.4 Å². The summed E-state index contributed by atoms with van der Waals surface area (Å²) in [7, 11) is 0. The lowest BCUT2D eigenvalue weighted by molar-refractivity contribution is 0.443. The molecule has 0 atom stereocenters. The van der Waals surface area contributed by atoms with Crippen molar-refractivity contribution in [2.75, 3.05) is 6.54 Å². The first-order chi connectivity index (χ1) is 9.63. The van der Waals surface area contributed by atoms with Gasteiger partial charge in [-0.1, -0.05) is 6.92 Å². The lowest BCUT2D eigenvalue weighted by Crippen LogP contribution is -2.25. The quantitative estimate of drug-likeness (QED) is 0.857. The fourth-order valence-corrected chi connectivity index (χ4v) is 2.58. The highest BCUT2D eigenvalue weighted by Crippen LogP contribution is 2.25. The Balaban J connectivity index is 2.24. The minimum atomic E-state index is -1.44. The van der Waals surface area contributed by atoms with E-state index in [1.54, 1.807) is 4.57 Å². The Bertz CT molecular complexity index is 664. The first-order valence-electron chi connectivity index (χ1n) is 6.57. The van der Waals surface area contributed by atoms with Gasteiger partial charge in [-0.2, -0.15) is 0 Å². The van der Waals surface area contributed by atoms with Gasteiger partial charge in [0.25, 0.3) is 0 Å². The number of nitrogens with zero attached hydrogens (tertiary/aromatic N) is 2. The van der Waals surface area contributed by atoms with Crippen molar-refractivity contribution in [1.82, 2.24) is 14.9 Å². The molecule has 0 saturated carbocycles. The molecule has 0 bridgehead atoms. The highest BCUT2D eigenvalue weighted by atomic mass is 19.2. The minimum absolute atomic E-state index is 0.0244. The van der Waals surface area contributed by atoms with E-state index in [0.717, 1.165) is 24.0 Å². The van der Waals surface area contributed by atoms with Crippen molar-refractivity contribution in [3.63, 3.8) is 0 Å². The molecule has 2 heterocycles. The lowest BCUT2D eigenvalue weighted by Gasteiger charge is -2.16. The third-order valence-electron chi connectivity index (χ3n) is 3.53. The molecule has 106 valence electrons. The Morgan fingerprint density at radius 2 is 2.05 bits per heavy atom. The molecule has 1 aromatic heterocycles. The molecule has 0 radical (unpaired) electrons. The van der Waals surface area contributed by atoms with E-state index in [1.807, 2.05) is 6.92 Å². The van der Waals surface area contributed by atoms with Crippen LogP contribution in [0.15, 0.2) is 12.1 Å². The summed E-state index contributed by atoms with van der Waals surface area (Å²) < 4.78 is 42.2. The van der Waals surface area contributed by atoms with Gasteiger partial charge in [0.15, 0.2) is 17.5 Å². The van der Waals surface area contributed by atoms with E-state index in [-0.39, 0.29) is 5.69 Å². The second kappa shape index (κ2) is 4.94. The molecule has 3 nitrogen and oxygen atoms in total. The average Bonchev–Trinajstić information content (AvgIpc) is 2.84. The number of nitrogens with one attached hydrogen (secondary N) is 1. The monoisotopic (exact) mass is 281 g/mol. The van der Waals surface area contributed by atoms with Crippen LogP contribution in [-0.4, -0.2) is 16.1 Å². The zero-order chi connectivity index (χ0) is 14.3. The van der Waals surface area contributed by atoms with Gasteiger partial charge >= 0.3 is 0 Å². The number of hydrogen-bond acceptors (Lipinski definition) is 2. The molecule has 1 N–H and O–H groups in total. The van der Waals surface area contributed by atoms with Crippen molar-refractivity contribution in [3.05, 3.63) is 46.8 Å². The van der Waals surface area contributed by atoms with Crippen LogP contribution in [0.5, 0.6) is 0 Å². The van der Waals surface area contributed by atoms with Crippen LogP contribution in [0.1, 0.15) is 24.1 Å². The highest BCUT2D eigenvalue weighted by Gasteiger charge is 2.23. The van der Waals surface area contributed by atoms with Crippen LogP contribution < -0.4 is 5.32 Å². The second-order valence-corrected chi connectivity index (χ2v) is 4.73. The van der Waals surface area contributed by atoms with Crippen LogP contribution in [0.4, 0.5) is 13.2 Å². The Morgan fingerprint density at radius 3 is 2.80 bits per heavy atom. The highest BCUT2D eigenvalue weighted by molar-refractivity contribution is 5.40. The molecule has 0 fully saturated rings. The summed E-state index contributed by atoms with van der Waals surface area (Å²) >= 11 is 0. The third-order valence-corrected chi connectivity index (χ3v) is 3.53. The number of imidazole rings is 1. The van der Waals surface area contributed by atoms with Crippen molar-refractivity contribution in [3.8, 4) is 5.69 Å². The molecule has 0 spiro atoms. The van der Waals surface area contributed by atoms with Crippen molar-refractivity contribution >= 4 is 0 Å². The molecule has 3 rings (SSSR count). The predicted molar refractivity (Wildman–Crippen MR) is 68.2 cm³/mol. The average molecular weight is 281 g/mol. The smallest absolute Gasteiger partial charge is 0.196 e. The van der Waals surface area contributed by atoms with Crippen LogP contribution in [0.25, 0.3) is 5.69 Å². The Kier molecular flexibility index (Phi) is 3.25. The van der Waals surface area contributed by atoms with E-state index < -0.39 is 17.5 Å². The van der Waals surface area contributed by atoms with Crippen molar-refractivity contribution < 1.29 is 13.2 Å². The maximum absolute atomic E-state index is 14.0. The summed E-state index contributed by atoms with van der Waals surface area (Å²) in [5, 5.41) is 3.19. The Labute approximate surface area is 114 Å². The van der Waals surface area contributed by atoms with E-state index in [2.05, 4.69) is 10.3 Å². The molecule has 0 saturated heterocycles. The van der Waals surface area contributed by atoms with E-state index in [9.17, 15) is 13.2 Å². The maximum atomic E-state index is 14.0. The molecule has 1 aliphatic rings. The molecule has 6 heteroatoms. The first kappa shape index (κ1) is 13.2. The molecular weight excluding hydrogens is 267 g/mol. The SMILES string of the molecule is CCc1nc2c(n1-c1ccc(F)c(F)c1F)CCNC2. The van der Waals surface area contributed by atoms with Gasteiger partial charge in [0.2, 0.25) is 0 Å². The minimum Gasteiger partial charge on any atom is -0.311 e. The second-order valence-electron chi connectivity index (χ2n) is 4.73. The van der Waals surface area contributed by atoms with E-state index in [0.29, 0.717) is 25.2 Å². The number of hydrogen-bond donors (Lipinski definition) is 1. The summed E-state index contributed by atoms with van der Waals surface area (Å²) in [6.07, 6.45) is 1.27. The molecule has 1 aromatic carbocycles. The molecule has 0 amide bonds. The van der Waals surface area contributed by atoms with Crippen LogP contribution >= 0.6 is 0 Å². The topological polar surface area (TPSA) is 29.9 Å². The van der Waals surface area contributed by atoms with Gasteiger partial charge in [-0.25, -0.2) is 18.2 Å². The normalized spacial score (nSPS) is 14.4. The molecule has 20 heavy (non-hydrogen) atoms. The molecule has 1 aliphatic heterocycles. The van der Waals surface area contributed by atoms with Gasteiger partial charge in [0.1, 0.15) is 5.82 Å². The number of rotatable bonds is 2. The van der Waals surface area contributed by atoms with Gasteiger partial charge in [-0.15, -0.1) is 0 Å². The summed E-state index contributed by atoms with van der Waals surface area (Å²) in [6, 6.07) is 2.21. The van der Waals surface area contributed by atoms with Gasteiger partial charge < -0.3 is 5.32 Å². The Hall–Kier alpha value is -1.82. The van der Waals surface area contributed by atoms with Crippen LogP contribution in [0.3, 0.4) is 0 Å².